The van der Waals surface area contributed by atoms with Crippen molar-refractivity contribution in [1.82, 2.24) is 31.9 Å². The van der Waals surface area contributed by atoms with Crippen molar-refractivity contribution in [3.05, 3.63) is 35.4 Å². The van der Waals surface area contributed by atoms with E-state index in [9.17, 15) is 53.1 Å². The number of carbonyl (C=O) groups excluding carboxylic acids is 8. The van der Waals surface area contributed by atoms with Gasteiger partial charge in [0.05, 0.1) is 18.9 Å². The first kappa shape index (κ1) is 53.1. The van der Waals surface area contributed by atoms with Crippen LogP contribution >= 0.6 is 0 Å². The molecule has 0 spiro atoms. The highest BCUT2D eigenvalue weighted by molar-refractivity contribution is 6.37. The number of carbonyl (C=O) groups is 10. The number of benzene rings is 1. The van der Waals surface area contributed by atoms with Crippen molar-refractivity contribution in [2.45, 2.75) is 150 Å². The molecule has 0 aliphatic heterocycles. The Labute approximate surface area is 356 Å². The van der Waals surface area contributed by atoms with Gasteiger partial charge in [-0.25, -0.2) is 0 Å². The quantitative estimate of drug-likeness (QED) is 0.0584. The van der Waals surface area contributed by atoms with Gasteiger partial charge in [0.1, 0.15) is 30.2 Å². The largest absolute Gasteiger partial charge is 0.481 e. The van der Waals surface area contributed by atoms with E-state index < -0.39 is 126 Å². The zero-order valence-electron chi connectivity index (χ0n) is 36.6. The smallest absolute Gasteiger partial charge is 0.305 e. The topological polar surface area (TPSA) is 309 Å². The minimum atomic E-state index is -1.67. The molecule has 0 saturated carbocycles. The third kappa shape index (κ3) is 18.9. The summed E-state index contributed by atoms with van der Waals surface area (Å²) in [7, 11) is 0. The van der Waals surface area contributed by atoms with Gasteiger partial charge in [-0.1, -0.05) is 92.5 Å². The van der Waals surface area contributed by atoms with Crippen LogP contribution in [-0.4, -0.2) is 106 Å². The number of amides is 7. The number of Topliss-reactive ketones (excluding diaryl/α,β-unsaturated/α-hetero) is 1. The van der Waals surface area contributed by atoms with Crippen LogP contribution < -0.4 is 37.6 Å². The maximum absolute atomic E-state index is 14.3. The maximum Gasteiger partial charge on any atom is 0.305 e. The van der Waals surface area contributed by atoms with Crippen molar-refractivity contribution in [3.63, 3.8) is 0 Å². The number of nitrogens with two attached hydrogens (primary N) is 1. The molecule has 0 aliphatic rings. The van der Waals surface area contributed by atoms with Crippen LogP contribution in [0.4, 0.5) is 0 Å². The molecule has 1 aromatic rings. The fraction of sp³-hybridized carbons (Fsp3) is 0.619. The lowest BCUT2D eigenvalue weighted by molar-refractivity contribution is -0.142. The van der Waals surface area contributed by atoms with E-state index in [1.165, 1.54) is 0 Å². The van der Waals surface area contributed by atoms with Crippen molar-refractivity contribution < 1.29 is 58.2 Å². The van der Waals surface area contributed by atoms with Crippen LogP contribution in [0.1, 0.15) is 111 Å². The number of aryl methyl sites for hydroxylation is 1. The van der Waals surface area contributed by atoms with E-state index in [0.29, 0.717) is 18.4 Å². The van der Waals surface area contributed by atoms with Gasteiger partial charge in [0.15, 0.2) is 0 Å². The van der Waals surface area contributed by atoms with Crippen molar-refractivity contribution in [2.24, 2.45) is 23.0 Å². The van der Waals surface area contributed by atoms with Crippen LogP contribution in [0.2, 0.25) is 0 Å². The molecule has 0 radical (unpaired) electrons. The summed E-state index contributed by atoms with van der Waals surface area (Å²) < 4.78 is 0. The van der Waals surface area contributed by atoms with Crippen molar-refractivity contribution in [3.8, 4) is 0 Å². The molecular weight excluding hydrogens is 794 g/mol. The number of nitrogens with one attached hydrogen (secondary N) is 6. The first-order chi connectivity index (χ1) is 28.3. The normalized spacial score (nSPS) is 14.3. The van der Waals surface area contributed by atoms with E-state index in [4.69, 9.17) is 10.8 Å². The Hall–Kier alpha value is -5.88. The van der Waals surface area contributed by atoms with E-state index in [0.717, 1.165) is 5.56 Å². The maximum atomic E-state index is 14.3. The fourth-order valence-electron chi connectivity index (χ4n) is 6.19. The van der Waals surface area contributed by atoms with E-state index in [2.05, 4.69) is 31.9 Å². The minimum Gasteiger partial charge on any atom is -0.481 e. The van der Waals surface area contributed by atoms with Crippen LogP contribution in [-0.2, 0) is 54.4 Å². The number of hydrogen-bond donors (Lipinski definition) is 9. The molecule has 0 fully saturated rings. The van der Waals surface area contributed by atoms with Crippen molar-refractivity contribution in [2.75, 3.05) is 0 Å². The predicted molar refractivity (Wildman–Crippen MR) is 223 cm³/mol. The Morgan fingerprint density at radius 3 is 1.74 bits per heavy atom. The van der Waals surface area contributed by atoms with E-state index in [1.807, 2.05) is 20.8 Å². The van der Waals surface area contributed by atoms with Gasteiger partial charge < -0.3 is 47.8 Å². The van der Waals surface area contributed by atoms with E-state index in [-0.39, 0.29) is 25.2 Å². The molecule has 0 bridgehead atoms. The number of ketones is 1. The highest BCUT2D eigenvalue weighted by Crippen LogP contribution is 2.21. The third-order valence-corrected chi connectivity index (χ3v) is 9.64. The number of primary amides is 1. The van der Waals surface area contributed by atoms with E-state index >= 15 is 0 Å². The Bertz CT molecular complexity index is 1760. The van der Waals surface area contributed by atoms with Gasteiger partial charge in [0.2, 0.25) is 41.2 Å². The molecule has 0 aromatic heterocycles. The standard InChI is InChI=1S/C42H65N7O12/c1-10-11-16-26(34(55)36(43)56)45-37(57)27(19-22(2)3)47-41(61)35(42(7,8)9)49-39(59)28(20-25-15-13-12-14-24(25)6)46-40(60)33(23(4)5)48-38(58)29(21-32(53)54)44-30(50)17-18-31(51)52/h12-15,22-23,26-29,33,35H,10-11,16-21H2,1-9H3,(H2,43,56)(H,44,50)(H,45,57)(H,46,60)(H,47,61)(H,48,58)(H,49,59)(H,51,52)(H,53,54)/t26?,27-,28-,29-,33+,35+/m0/s1. The lowest BCUT2D eigenvalue weighted by Gasteiger charge is -2.34. The Kier molecular flexibility index (Phi) is 21.8. The molecule has 1 unspecified atom stereocenters. The summed E-state index contributed by atoms with van der Waals surface area (Å²) in [6, 6.07) is -1.03. The summed E-state index contributed by atoms with van der Waals surface area (Å²) in [5, 5.41) is 33.7. The molecule has 19 heteroatoms. The zero-order valence-corrected chi connectivity index (χ0v) is 36.6. The highest BCUT2D eigenvalue weighted by Gasteiger charge is 2.39. The van der Waals surface area contributed by atoms with Gasteiger partial charge in [0.25, 0.3) is 5.91 Å². The highest BCUT2D eigenvalue weighted by atomic mass is 16.4. The van der Waals surface area contributed by atoms with Gasteiger partial charge in [0, 0.05) is 12.8 Å². The summed E-state index contributed by atoms with van der Waals surface area (Å²) in [6.07, 6.45) is -0.602. The molecule has 1 rings (SSSR count). The number of rotatable bonds is 26. The number of hydrogen-bond acceptors (Lipinski definition) is 10. The molecule has 19 nitrogen and oxygen atoms in total. The summed E-state index contributed by atoms with van der Waals surface area (Å²) in [4.78, 5) is 128. The second-order valence-electron chi connectivity index (χ2n) is 17.0. The van der Waals surface area contributed by atoms with Crippen molar-refractivity contribution in [1.29, 1.82) is 0 Å². The van der Waals surface area contributed by atoms with Gasteiger partial charge in [-0.3, -0.25) is 47.9 Å². The monoisotopic (exact) mass is 859 g/mol. The number of carboxylic acids is 2. The average Bonchev–Trinajstić information content (AvgIpc) is 3.14. The van der Waals surface area contributed by atoms with Gasteiger partial charge >= 0.3 is 11.9 Å². The molecule has 0 saturated heterocycles. The molecule has 10 N–H and O–H groups in total. The molecule has 340 valence electrons. The number of unbranched alkanes of at least 4 members (excludes halogenated alkanes) is 1. The zero-order chi connectivity index (χ0) is 46.8. The first-order valence-electron chi connectivity index (χ1n) is 20.4. The van der Waals surface area contributed by atoms with Crippen molar-refractivity contribution >= 4 is 59.1 Å². The van der Waals surface area contributed by atoms with Gasteiger partial charge in [-0.2, -0.15) is 0 Å². The Morgan fingerprint density at radius 2 is 1.23 bits per heavy atom. The van der Waals surface area contributed by atoms with Gasteiger partial charge in [-0.15, -0.1) is 0 Å². The molecule has 0 heterocycles. The third-order valence-electron chi connectivity index (χ3n) is 9.64. The SMILES string of the molecule is CCCCC(NC(=O)[C@H](CC(C)C)NC(=O)[C@@H](NC(=O)[C@H](Cc1ccccc1C)NC(=O)[C@H](NC(=O)[C@H](CC(=O)O)NC(=O)CCC(=O)O)C(C)C)C(C)(C)C)C(=O)C(N)=O. The molecule has 61 heavy (non-hydrogen) atoms. The second kappa shape index (κ2) is 25.0. The summed E-state index contributed by atoms with van der Waals surface area (Å²) in [5.41, 5.74) is 5.69. The second-order valence-corrected chi connectivity index (χ2v) is 17.0. The molecule has 0 aliphatic carbocycles. The minimum absolute atomic E-state index is 0.0752. The summed E-state index contributed by atoms with van der Waals surface area (Å²) in [6.45, 7) is 15.5. The summed E-state index contributed by atoms with van der Waals surface area (Å²) in [5.74, 6) is -10.8. The fourth-order valence-corrected chi connectivity index (χ4v) is 6.19. The predicted octanol–water partition coefficient (Wildman–Crippen LogP) is 0.779. The van der Waals surface area contributed by atoms with Crippen LogP contribution in [0, 0.1) is 24.2 Å². The van der Waals surface area contributed by atoms with Crippen LogP contribution in [0.15, 0.2) is 24.3 Å². The van der Waals surface area contributed by atoms with Crippen LogP contribution in [0.25, 0.3) is 0 Å². The summed E-state index contributed by atoms with van der Waals surface area (Å²) >= 11 is 0. The first-order valence-corrected chi connectivity index (χ1v) is 20.4. The average molecular weight is 860 g/mol. The number of carboxylic acid groups (broad SMARTS) is 2. The lowest BCUT2D eigenvalue weighted by Crippen LogP contribution is -2.62. The molecular formula is C42H65N7O12. The number of aliphatic carboxylic acids is 2. The molecule has 6 atom stereocenters. The van der Waals surface area contributed by atoms with Crippen LogP contribution in [0.3, 0.4) is 0 Å². The Balaban J connectivity index is 3.52. The van der Waals surface area contributed by atoms with Gasteiger partial charge in [-0.05, 0) is 48.1 Å². The lowest BCUT2D eigenvalue weighted by atomic mass is 9.85. The van der Waals surface area contributed by atoms with Crippen LogP contribution in [0.5, 0.6) is 0 Å². The van der Waals surface area contributed by atoms with E-state index in [1.54, 1.807) is 65.8 Å². The molecule has 7 amide bonds. The Morgan fingerprint density at radius 1 is 0.672 bits per heavy atom. The molecule has 1 aromatic carbocycles.